The molecule has 2 saturated heterocycles. The molecule has 0 radical (unpaired) electrons. The van der Waals surface area contributed by atoms with E-state index in [1.54, 1.807) is 12.1 Å². The molecule has 2 aliphatic heterocycles. The highest BCUT2D eigenvalue weighted by atomic mass is 16.5. The molecule has 0 N–H and O–H groups in total. The zero-order chi connectivity index (χ0) is 21.5. The van der Waals surface area contributed by atoms with Gasteiger partial charge in [-0.3, -0.25) is 9.59 Å². The fraction of sp³-hybridized carbons (Fsp3) is 0.440. The van der Waals surface area contributed by atoms with E-state index in [0.29, 0.717) is 24.4 Å². The van der Waals surface area contributed by atoms with Gasteiger partial charge in [-0.05, 0) is 37.1 Å². The van der Waals surface area contributed by atoms with Crippen LogP contribution in [0.1, 0.15) is 36.0 Å². The molecule has 2 aromatic rings. The van der Waals surface area contributed by atoms with Crippen LogP contribution in [0.5, 0.6) is 5.75 Å². The fourth-order valence-corrected chi connectivity index (χ4v) is 4.30. The highest BCUT2D eigenvalue weighted by Gasteiger charge is 2.25. The molecule has 2 heterocycles. The number of likely N-dealkylation sites (tertiary alicyclic amines) is 1. The molecule has 2 amide bonds. The van der Waals surface area contributed by atoms with Crippen LogP contribution in [-0.2, 0) is 4.79 Å². The summed E-state index contributed by atoms with van der Waals surface area (Å²) in [4.78, 5) is 31.8. The van der Waals surface area contributed by atoms with Crippen LogP contribution in [-0.4, -0.2) is 67.5 Å². The molecule has 6 heteroatoms. The quantitative estimate of drug-likeness (QED) is 0.742. The molecule has 31 heavy (non-hydrogen) atoms. The zero-order valence-corrected chi connectivity index (χ0v) is 18.0. The maximum absolute atomic E-state index is 13.2. The summed E-state index contributed by atoms with van der Waals surface area (Å²) in [5.74, 6) is 0.451. The van der Waals surface area contributed by atoms with Crippen LogP contribution < -0.4 is 9.64 Å². The topological polar surface area (TPSA) is 53.1 Å². The Kier molecular flexibility index (Phi) is 7.07. The van der Waals surface area contributed by atoms with Gasteiger partial charge in [-0.1, -0.05) is 43.2 Å². The van der Waals surface area contributed by atoms with E-state index in [4.69, 9.17) is 4.74 Å². The zero-order valence-electron chi connectivity index (χ0n) is 18.0. The van der Waals surface area contributed by atoms with Crippen LogP contribution in [0, 0.1) is 0 Å². The second-order valence-corrected chi connectivity index (χ2v) is 8.19. The normalized spacial score (nSPS) is 17.2. The number of carbonyl (C=O) groups is 2. The summed E-state index contributed by atoms with van der Waals surface area (Å²) in [5.41, 5.74) is 1.71. The average Bonchev–Trinajstić information content (AvgIpc) is 3.13. The lowest BCUT2D eigenvalue weighted by Gasteiger charge is -2.36. The number of hydrogen-bond acceptors (Lipinski definition) is 4. The predicted octanol–water partition coefficient (Wildman–Crippen LogP) is 3.43. The van der Waals surface area contributed by atoms with E-state index < -0.39 is 0 Å². The summed E-state index contributed by atoms with van der Waals surface area (Å²) in [6.07, 6.45) is 4.46. The number of hydrogen-bond donors (Lipinski definition) is 0. The first-order chi connectivity index (χ1) is 15.2. The predicted molar refractivity (Wildman–Crippen MR) is 122 cm³/mol. The number of ether oxygens (including phenoxy) is 1. The molecule has 0 aliphatic carbocycles. The van der Waals surface area contributed by atoms with Gasteiger partial charge in [0.1, 0.15) is 5.75 Å². The largest absolute Gasteiger partial charge is 0.483 e. The molecule has 0 aromatic heterocycles. The number of para-hydroxylation sites is 2. The van der Waals surface area contributed by atoms with Crippen LogP contribution >= 0.6 is 0 Å². The Morgan fingerprint density at radius 3 is 2.06 bits per heavy atom. The molecule has 164 valence electrons. The van der Waals surface area contributed by atoms with E-state index in [1.165, 1.54) is 18.5 Å². The van der Waals surface area contributed by atoms with Gasteiger partial charge in [-0.25, -0.2) is 0 Å². The smallest absolute Gasteiger partial charge is 0.260 e. The minimum atomic E-state index is -0.0365. The first-order valence-corrected chi connectivity index (χ1v) is 11.3. The third-order valence-corrected chi connectivity index (χ3v) is 6.12. The van der Waals surface area contributed by atoms with Crippen molar-refractivity contribution in [1.29, 1.82) is 0 Å². The Hall–Kier alpha value is -3.02. The lowest BCUT2D eigenvalue weighted by Crippen LogP contribution is -2.48. The van der Waals surface area contributed by atoms with Crippen LogP contribution in [0.15, 0.2) is 54.6 Å². The third-order valence-electron chi connectivity index (χ3n) is 6.12. The summed E-state index contributed by atoms with van der Waals surface area (Å²) >= 11 is 0. The molecule has 2 aliphatic rings. The van der Waals surface area contributed by atoms with Crippen LogP contribution in [0.2, 0.25) is 0 Å². The minimum absolute atomic E-state index is 0.000581. The average molecular weight is 422 g/mol. The van der Waals surface area contributed by atoms with E-state index in [0.717, 1.165) is 39.0 Å². The number of rotatable bonds is 5. The van der Waals surface area contributed by atoms with Crippen LogP contribution in [0.25, 0.3) is 0 Å². The van der Waals surface area contributed by atoms with Gasteiger partial charge in [0.05, 0.1) is 5.56 Å². The molecule has 0 saturated carbocycles. The van der Waals surface area contributed by atoms with E-state index >= 15 is 0 Å². The van der Waals surface area contributed by atoms with Crippen molar-refractivity contribution < 1.29 is 14.3 Å². The number of benzene rings is 2. The van der Waals surface area contributed by atoms with Gasteiger partial charge >= 0.3 is 0 Å². The molecule has 0 atom stereocenters. The van der Waals surface area contributed by atoms with Crippen molar-refractivity contribution in [3.05, 3.63) is 60.2 Å². The molecule has 0 bridgehead atoms. The third kappa shape index (κ3) is 5.37. The van der Waals surface area contributed by atoms with E-state index in [2.05, 4.69) is 17.0 Å². The lowest BCUT2D eigenvalue weighted by atomic mass is 10.1. The molecule has 6 nitrogen and oxygen atoms in total. The van der Waals surface area contributed by atoms with Gasteiger partial charge in [-0.15, -0.1) is 0 Å². The van der Waals surface area contributed by atoms with Gasteiger partial charge < -0.3 is 19.4 Å². The first kappa shape index (κ1) is 21.2. The fourth-order valence-electron chi connectivity index (χ4n) is 4.30. The molecule has 0 spiro atoms. The second kappa shape index (κ2) is 10.3. The SMILES string of the molecule is O=C(COc1ccccc1C(=O)N1CCN(c2ccccc2)CC1)N1CCCCCC1. The Balaban J connectivity index is 1.35. The van der Waals surface area contributed by atoms with Crippen molar-refractivity contribution in [2.45, 2.75) is 25.7 Å². The first-order valence-electron chi connectivity index (χ1n) is 11.3. The Bertz CT molecular complexity index is 871. The summed E-state index contributed by atoms with van der Waals surface area (Å²) < 4.78 is 5.85. The summed E-state index contributed by atoms with van der Waals surface area (Å²) in [6, 6.07) is 17.5. The number of anilines is 1. The van der Waals surface area contributed by atoms with Gasteiger partial charge in [0.25, 0.3) is 11.8 Å². The molecular weight excluding hydrogens is 390 g/mol. The van der Waals surface area contributed by atoms with E-state index in [-0.39, 0.29) is 18.4 Å². The Morgan fingerprint density at radius 2 is 1.35 bits per heavy atom. The van der Waals surface area contributed by atoms with E-state index in [1.807, 2.05) is 40.1 Å². The van der Waals surface area contributed by atoms with E-state index in [9.17, 15) is 9.59 Å². The van der Waals surface area contributed by atoms with Crippen molar-refractivity contribution >= 4 is 17.5 Å². The molecule has 2 fully saturated rings. The Labute approximate surface area is 184 Å². The highest BCUT2D eigenvalue weighted by molar-refractivity contribution is 5.97. The maximum Gasteiger partial charge on any atom is 0.260 e. The van der Waals surface area contributed by atoms with Crippen molar-refractivity contribution in [2.24, 2.45) is 0 Å². The van der Waals surface area contributed by atoms with Gasteiger partial charge in [0.15, 0.2) is 6.61 Å². The molecule has 2 aromatic carbocycles. The van der Waals surface area contributed by atoms with Crippen molar-refractivity contribution in [1.82, 2.24) is 9.80 Å². The Morgan fingerprint density at radius 1 is 0.710 bits per heavy atom. The van der Waals surface area contributed by atoms with Crippen molar-refractivity contribution in [2.75, 3.05) is 50.8 Å². The lowest BCUT2D eigenvalue weighted by molar-refractivity contribution is -0.133. The monoisotopic (exact) mass is 421 g/mol. The van der Waals surface area contributed by atoms with Gasteiger partial charge in [0.2, 0.25) is 0 Å². The standard InChI is InChI=1S/C25H31N3O3/c29-24(27-14-8-1-2-9-15-27)20-31-23-13-7-6-12-22(23)25(30)28-18-16-26(17-19-28)21-10-4-3-5-11-21/h3-7,10-13H,1-2,8-9,14-20H2. The highest BCUT2D eigenvalue weighted by Crippen LogP contribution is 2.22. The number of amides is 2. The molecule has 0 unspecified atom stereocenters. The number of piperazine rings is 1. The summed E-state index contributed by atoms with van der Waals surface area (Å²) in [7, 11) is 0. The summed E-state index contributed by atoms with van der Waals surface area (Å²) in [5, 5.41) is 0. The number of carbonyl (C=O) groups excluding carboxylic acids is 2. The van der Waals surface area contributed by atoms with Gasteiger partial charge in [-0.2, -0.15) is 0 Å². The maximum atomic E-state index is 13.2. The van der Waals surface area contributed by atoms with Crippen LogP contribution in [0.3, 0.4) is 0 Å². The van der Waals surface area contributed by atoms with Crippen molar-refractivity contribution in [3.8, 4) is 5.75 Å². The minimum Gasteiger partial charge on any atom is -0.483 e. The second-order valence-electron chi connectivity index (χ2n) is 8.19. The summed E-state index contributed by atoms with van der Waals surface area (Å²) in [6.45, 7) is 4.50. The molecular formula is C25H31N3O3. The number of nitrogens with zero attached hydrogens (tertiary/aromatic N) is 3. The van der Waals surface area contributed by atoms with Crippen LogP contribution in [0.4, 0.5) is 5.69 Å². The van der Waals surface area contributed by atoms with Gasteiger partial charge in [0, 0.05) is 45.0 Å². The molecule has 4 rings (SSSR count). The van der Waals surface area contributed by atoms with Crippen molar-refractivity contribution in [3.63, 3.8) is 0 Å².